The highest BCUT2D eigenvalue weighted by molar-refractivity contribution is 6.01. The maximum absolute atomic E-state index is 5.30. The minimum atomic E-state index is 0.669. The summed E-state index contributed by atoms with van der Waals surface area (Å²) in [5, 5.41) is 4.75. The quantitative estimate of drug-likeness (QED) is 0.283. The molecule has 160 valence electrons. The Hall–Kier alpha value is -3.99. The van der Waals surface area contributed by atoms with Crippen molar-refractivity contribution < 1.29 is 4.74 Å². The molecule has 1 heterocycles. The van der Waals surface area contributed by atoms with Gasteiger partial charge in [0.25, 0.3) is 0 Å². The number of anilines is 1. The fourth-order valence-electron chi connectivity index (χ4n) is 3.46. The number of hydrazone groups is 1. The van der Waals surface area contributed by atoms with Crippen molar-refractivity contribution in [2.24, 2.45) is 5.10 Å². The molecular formula is C27H26N4O. The van der Waals surface area contributed by atoms with Crippen LogP contribution in [0.3, 0.4) is 0 Å². The average Bonchev–Trinajstić information content (AvgIpc) is 2.85. The first-order valence-electron chi connectivity index (χ1n) is 10.6. The monoisotopic (exact) mass is 422 g/mol. The van der Waals surface area contributed by atoms with Crippen LogP contribution >= 0.6 is 0 Å². The topological polar surface area (TPSA) is 59.4 Å². The third kappa shape index (κ3) is 5.58. The van der Waals surface area contributed by atoms with Gasteiger partial charge in [-0.15, -0.1) is 0 Å². The van der Waals surface area contributed by atoms with Crippen LogP contribution in [-0.2, 0) is 6.42 Å². The number of ether oxygens (including phenoxy) is 1. The Morgan fingerprint density at radius 3 is 2.25 bits per heavy atom. The second-order valence-corrected chi connectivity index (χ2v) is 7.44. The molecule has 0 aliphatic carbocycles. The van der Waals surface area contributed by atoms with Crippen molar-refractivity contribution >= 4 is 11.5 Å². The Balaban J connectivity index is 1.60. The molecule has 32 heavy (non-hydrogen) atoms. The normalized spacial score (nSPS) is 11.2. The summed E-state index contributed by atoms with van der Waals surface area (Å²) in [7, 11) is 1.67. The lowest BCUT2D eigenvalue weighted by atomic mass is 10.0. The molecule has 0 fully saturated rings. The Labute approximate surface area is 188 Å². The van der Waals surface area contributed by atoms with E-state index in [0.29, 0.717) is 11.6 Å². The lowest BCUT2D eigenvalue weighted by molar-refractivity contribution is 0.415. The summed E-state index contributed by atoms with van der Waals surface area (Å²) in [6, 6.07) is 30.4. The van der Waals surface area contributed by atoms with Crippen LogP contribution in [0.5, 0.6) is 5.75 Å². The molecule has 1 N–H and O–H groups in total. The van der Waals surface area contributed by atoms with Crippen LogP contribution in [0.15, 0.2) is 96.1 Å². The number of nitrogens with zero attached hydrogens (tertiary/aromatic N) is 3. The smallest absolute Gasteiger partial charge is 0.150 e. The van der Waals surface area contributed by atoms with E-state index in [1.165, 1.54) is 5.56 Å². The van der Waals surface area contributed by atoms with Gasteiger partial charge in [-0.1, -0.05) is 60.7 Å². The third-order valence-electron chi connectivity index (χ3n) is 5.13. The molecule has 0 aliphatic heterocycles. The highest BCUT2D eigenvalue weighted by Crippen LogP contribution is 2.20. The maximum Gasteiger partial charge on any atom is 0.150 e. The molecule has 0 spiro atoms. The largest absolute Gasteiger partial charge is 0.497 e. The van der Waals surface area contributed by atoms with Crippen molar-refractivity contribution in [2.45, 2.75) is 19.8 Å². The van der Waals surface area contributed by atoms with Crippen molar-refractivity contribution in [2.75, 3.05) is 12.5 Å². The van der Waals surface area contributed by atoms with Gasteiger partial charge in [-0.25, -0.2) is 9.97 Å². The fraction of sp³-hybridized carbons (Fsp3) is 0.148. The van der Waals surface area contributed by atoms with Gasteiger partial charge >= 0.3 is 0 Å². The number of methoxy groups -OCH3 is 1. The molecule has 5 heteroatoms. The van der Waals surface area contributed by atoms with Gasteiger partial charge in [-0.05, 0) is 55.2 Å². The van der Waals surface area contributed by atoms with E-state index >= 15 is 0 Å². The first-order valence-corrected chi connectivity index (χ1v) is 10.6. The van der Waals surface area contributed by atoms with Crippen LogP contribution in [-0.4, -0.2) is 22.8 Å². The predicted octanol–water partition coefficient (Wildman–Crippen LogP) is 5.91. The zero-order chi connectivity index (χ0) is 22.2. The van der Waals surface area contributed by atoms with E-state index in [-0.39, 0.29) is 0 Å². The van der Waals surface area contributed by atoms with Crippen LogP contribution in [0.4, 0.5) is 5.82 Å². The first-order chi connectivity index (χ1) is 15.7. The van der Waals surface area contributed by atoms with Gasteiger partial charge in [0.1, 0.15) is 17.4 Å². The summed E-state index contributed by atoms with van der Waals surface area (Å²) < 4.78 is 5.30. The maximum atomic E-state index is 5.30. The van der Waals surface area contributed by atoms with Gasteiger partial charge < -0.3 is 4.74 Å². The molecule has 5 nitrogen and oxygen atoms in total. The summed E-state index contributed by atoms with van der Waals surface area (Å²) in [4.78, 5) is 9.09. The number of hydrogen-bond acceptors (Lipinski definition) is 5. The van der Waals surface area contributed by atoms with Crippen LogP contribution in [0, 0.1) is 6.92 Å². The van der Waals surface area contributed by atoms with Gasteiger partial charge in [0, 0.05) is 11.6 Å². The molecule has 4 rings (SSSR count). The molecule has 3 aromatic carbocycles. The van der Waals surface area contributed by atoms with Crippen LogP contribution in [0.1, 0.15) is 23.4 Å². The van der Waals surface area contributed by atoms with Crippen LogP contribution in [0.25, 0.3) is 11.3 Å². The van der Waals surface area contributed by atoms with E-state index in [4.69, 9.17) is 9.84 Å². The molecular weight excluding hydrogens is 396 g/mol. The fourth-order valence-corrected chi connectivity index (χ4v) is 3.46. The van der Waals surface area contributed by atoms with E-state index in [2.05, 4.69) is 39.7 Å². The summed E-state index contributed by atoms with van der Waals surface area (Å²) in [6.07, 6.45) is 1.68. The van der Waals surface area contributed by atoms with Gasteiger partial charge in [0.15, 0.2) is 0 Å². The molecule has 0 bridgehead atoms. The minimum absolute atomic E-state index is 0.669. The summed E-state index contributed by atoms with van der Waals surface area (Å²) in [5.74, 6) is 2.18. The molecule has 0 saturated heterocycles. The van der Waals surface area contributed by atoms with E-state index in [1.54, 1.807) is 7.11 Å². The SMILES string of the molecule is COc1ccc(/C(CCc2ccccc2)=N\Nc2cc(-c3ccccc3)nc(C)n2)cc1. The zero-order valence-electron chi connectivity index (χ0n) is 18.3. The number of aryl methyl sites for hydroxylation is 2. The van der Waals surface area contributed by atoms with Crippen LogP contribution in [0.2, 0.25) is 0 Å². The molecule has 4 aromatic rings. The zero-order valence-corrected chi connectivity index (χ0v) is 18.3. The summed E-state index contributed by atoms with van der Waals surface area (Å²) in [5.41, 5.74) is 8.35. The Morgan fingerprint density at radius 2 is 1.56 bits per heavy atom. The lowest BCUT2D eigenvalue weighted by Gasteiger charge is -2.10. The van der Waals surface area contributed by atoms with E-state index in [9.17, 15) is 0 Å². The number of rotatable bonds is 8. The molecule has 0 saturated carbocycles. The van der Waals surface area contributed by atoms with Crippen molar-refractivity contribution in [1.29, 1.82) is 0 Å². The molecule has 1 aromatic heterocycles. The molecule has 0 amide bonds. The van der Waals surface area contributed by atoms with E-state index in [1.807, 2.05) is 73.7 Å². The second-order valence-electron chi connectivity index (χ2n) is 7.44. The van der Waals surface area contributed by atoms with Gasteiger partial charge in [-0.3, -0.25) is 5.43 Å². The Morgan fingerprint density at radius 1 is 0.875 bits per heavy atom. The third-order valence-corrected chi connectivity index (χ3v) is 5.13. The number of aromatic nitrogens is 2. The Kier molecular flexibility index (Phi) is 6.88. The van der Waals surface area contributed by atoms with Crippen molar-refractivity contribution in [3.8, 4) is 17.0 Å². The van der Waals surface area contributed by atoms with Gasteiger partial charge in [0.05, 0.1) is 18.5 Å². The summed E-state index contributed by atoms with van der Waals surface area (Å²) >= 11 is 0. The molecule has 0 aliphatic rings. The average molecular weight is 423 g/mol. The predicted molar refractivity (Wildman–Crippen MR) is 130 cm³/mol. The number of hydrogen-bond donors (Lipinski definition) is 1. The molecule has 0 unspecified atom stereocenters. The van der Waals surface area contributed by atoms with E-state index < -0.39 is 0 Å². The molecule has 0 radical (unpaired) electrons. The minimum Gasteiger partial charge on any atom is -0.497 e. The summed E-state index contributed by atoms with van der Waals surface area (Å²) in [6.45, 7) is 1.89. The van der Waals surface area contributed by atoms with Gasteiger partial charge in [0.2, 0.25) is 0 Å². The van der Waals surface area contributed by atoms with E-state index in [0.717, 1.165) is 41.1 Å². The molecule has 0 atom stereocenters. The highest BCUT2D eigenvalue weighted by atomic mass is 16.5. The standard InChI is InChI=1S/C27H26N4O/c1-20-28-26(22-11-7-4-8-12-22)19-27(29-20)31-30-25(18-13-21-9-5-3-6-10-21)23-14-16-24(32-2)17-15-23/h3-12,14-17,19H,13,18H2,1-2H3,(H,28,29,31)/b30-25-. The number of nitrogens with one attached hydrogen (secondary N) is 1. The van der Waals surface area contributed by atoms with Crippen molar-refractivity contribution in [3.63, 3.8) is 0 Å². The van der Waals surface area contributed by atoms with Crippen molar-refractivity contribution in [1.82, 2.24) is 9.97 Å². The van der Waals surface area contributed by atoms with Gasteiger partial charge in [-0.2, -0.15) is 5.10 Å². The van der Waals surface area contributed by atoms with Crippen LogP contribution < -0.4 is 10.2 Å². The second kappa shape index (κ2) is 10.4. The highest BCUT2D eigenvalue weighted by Gasteiger charge is 2.08. The first kappa shape index (κ1) is 21.2. The Bertz CT molecular complexity index is 1170. The number of benzene rings is 3. The lowest BCUT2D eigenvalue weighted by Crippen LogP contribution is -2.08. The van der Waals surface area contributed by atoms with Crippen molar-refractivity contribution in [3.05, 3.63) is 108 Å².